The van der Waals surface area contributed by atoms with Gasteiger partial charge in [-0.3, -0.25) is 4.79 Å². The monoisotopic (exact) mass is 178 g/mol. The zero-order valence-corrected chi connectivity index (χ0v) is 7.55. The van der Waals surface area contributed by atoms with Crippen molar-refractivity contribution in [3.63, 3.8) is 0 Å². The predicted octanol–water partition coefficient (Wildman–Crippen LogP) is 0.842. The van der Waals surface area contributed by atoms with Crippen LogP contribution in [0.3, 0.4) is 0 Å². The van der Waals surface area contributed by atoms with Crippen molar-refractivity contribution in [2.45, 2.75) is 18.8 Å². The van der Waals surface area contributed by atoms with Gasteiger partial charge in [-0.05, 0) is 31.8 Å². The lowest BCUT2D eigenvalue weighted by Crippen LogP contribution is -2.28. The average Bonchev–Trinajstić information content (AvgIpc) is 2.20. The maximum Gasteiger partial charge on any atom is 0.184 e. The molecule has 0 amide bonds. The van der Waals surface area contributed by atoms with Gasteiger partial charge in [0.15, 0.2) is 5.43 Å². The van der Waals surface area contributed by atoms with E-state index in [-0.39, 0.29) is 5.43 Å². The van der Waals surface area contributed by atoms with Crippen molar-refractivity contribution in [1.29, 1.82) is 0 Å². The van der Waals surface area contributed by atoms with Gasteiger partial charge in [0.25, 0.3) is 0 Å². The van der Waals surface area contributed by atoms with Crippen LogP contribution in [-0.4, -0.2) is 18.1 Å². The Balaban J connectivity index is 2.24. The molecular weight excluding hydrogens is 164 g/mol. The highest BCUT2D eigenvalue weighted by Crippen LogP contribution is 2.21. The summed E-state index contributed by atoms with van der Waals surface area (Å²) in [4.78, 5) is 14.5. The van der Waals surface area contributed by atoms with Gasteiger partial charge in [0, 0.05) is 24.0 Å². The van der Waals surface area contributed by atoms with Crippen LogP contribution >= 0.6 is 0 Å². The fourth-order valence-electron chi connectivity index (χ4n) is 1.88. The quantitative estimate of drug-likeness (QED) is 0.669. The fourth-order valence-corrected chi connectivity index (χ4v) is 1.88. The van der Waals surface area contributed by atoms with Crippen LogP contribution < -0.4 is 10.7 Å². The lowest BCUT2D eigenvalue weighted by molar-refractivity contribution is 0.458. The molecule has 1 aliphatic heterocycles. The molecular formula is C10H14N2O. The van der Waals surface area contributed by atoms with Crippen LogP contribution in [0.2, 0.25) is 0 Å². The number of hydrogen-bond donors (Lipinski definition) is 2. The molecule has 70 valence electrons. The molecule has 1 saturated heterocycles. The standard InChI is InChI=1S/C10H14N2O/c13-10-3-6-12-7-9(10)8-1-4-11-5-2-8/h3,6-8,11H,1-2,4-5H2,(H,12,13). The van der Waals surface area contributed by atoms with Crippen LogP contribution in [0.4, 0.5) is 0 Å². The summed E-state index contributed by atoms with van der Waals surface area (Å²) in [5.41, 5.74) is 1.12. The number of pyridine rings is 1. The van der Waals surface area contributed by atoms with Gasteiger partial charge in [0.05, 0.1) is 0 Å². The number of piperidine rings is 1. The Hall–Kier alpha value is -1.09. The van der Waals surface area contributed by atoms with Gasteiger partial charge in [-0.25, -0.2) is 0 Å². The smallest absolute Gasteiger partial charge is 0.184 e. The summed E-state index contributed by atoms with van der Waals surface area (Å²) in [5, 5.41) is 3.29. The maximum atomic E-state index is 11.5. The van der Waals surface area contributed by atoms with E-state index in [1.165, 1.54) is 0 Å². The van der Waals surface area contributed by atoms with Crippen molar-refractivity contribution >= 4 is 0 Å². The molecule has 3 heteroatoms. The molecule has 3 nitrogen and oxygen atoms in total. The van der Waals surface area contributed by atoms with Crippen molar-refractivity contribution in [3.8, 4) is 0 Å². The summed E-state index contributed by atoms with van der Waals surface area (Å²) >= 11 is 0. The van der Waals surface area contributed by atoms with E-state index in [1.54, 1.807) is 12.3 Å². The van der Waals surface area contributed by atoms with Gasteiger partial charge < -0.3 is 10.3 Å². The molecule has 2 rings (SSSR count). The van der Waals surface area contributed by atoms with Crippen LogP contribution in [0.1, 0.15) is 24.3 Å². The van der Waals surface area contributed by atoms with Crippen LogP contribution in [0.5, 0.6) is 0 Å². The Morgan fingerprint density at radius 3 is 2.77 bits per heavy atom. The van der Waals surface area contributed by atoms with Crippen LogP contribution in [0.25, 0.3) is 0 Å². The first-order chi connectivity index (χ1) is 6.38. The van der Waals surface area contributed by atoms with E-state index in [9.17, 15) is 4.79 Å². The lowest BCUT2D eigenvalue weighted by Gasteiger charge is -2.21. The third-order valence-corrected chi connectivity index (χ3v) is 2.63. The summed E-state index contributed by atoms with van der Waals surface area (Å²) < 4.78 is 0. The number of H-pyrrole nitrogens is 1. The molecule has 0 aromatic carbocycles. The average molecular weight is 178 g/mol. The number of aromatic amines is 1. The van der Waals surface area contributed by atoms with E-state index in [0.29, 0.717) is 5.92 Å². The molecule has 2 heterocycles. The van der Waals surface area contributed by atoms with E-state index >= 15 is 0 Å². The van der Waals surface area contributed by atoms with E-state index in [1.807, 2.05) is 6.20 Å². The van der Waals surface area contributed by atoms with Gasteiger partial charge in [0.1, 0.15) is 0 Å². The highest BCUT2D eigenvalue weighted by Gasteiger charge is 2.16. The lowest BCUT2D eigenvalue weighted by atomic mass is 9.91. The minimum absolute atomic E-state index is 0.172. The molecule has 0 spiro atoms. The topological polar surface area (TPSA) is 44.9 Å². The number of aromatic nitrogens is 1. The van der Waals surface area contributed by atoms with Crippen LogP contribution in [-0.2, 0) is 0 Å². The van der Waals surface area contributed by atoms with Crippen LogP contribution in [0, 0.1) is 0 Å². The van der Waals surface area contributed by atoms with Crippen molar-refractivity contribution in [1.82, 2.24) is 10.3 Å². The van der Waals surface area contributed by atoms with Gasteiger partial charge in [0.2, 0.25) is 0 Å². The summed E-state index contributed by atoms with van der Waals surface area (Å²) in [6.45, 7) is 2.05. The molecule has 0 unspecified atom stereocenters. The normalized spacial score (nSPS) is 18.8. The third-order valence-electron chi connectivity index (χ3n) is 2.63. The first-order valence-corrected chi connectivity index (χ1v) is 4.75. The number of rotatable bonds is 1. The SMILES string of the molecule is O=c1cc[nH]cc1C1CCNCC1. The summed E-state index contributed by atoms with van der Waals surface area (Å²) in [5.74, 6) is 0.450. The molecule has 0 radical (unpaired) electrons. The van der Waals surface area contributed by atoms with E-state index in [2.05, 4.69) is 10.3 Å². The van der Waals surface area contributed by atoms with Crippen molar-refractivity contribution < 1.29 is 0 Å². The van der Waals surface area contributed by atoms with Crippen molar-refractivity contribution in [2.75, 3.05) is 13.1 Å². The van der Waals surface area contributed by atoms with E-state index in [4.69, 9.17) is 0 Å². The van der Waals surface area contributed by atoms with Crippen molar-refractivity contribution in [3.05, 3.63) is 34.2 Å². The van der Waals surface area contributed by atoms with E-state index < -0.39 is 0 Å². The number of hydrogen-bond acceptors (Lipinski definition) is 2. The Bertz CT molecular complexity index is 326. The van der Waals surface area contributed by atoms with Gasteiger partial charge in [-0.15, -0.1) is 0 Å². The first-order valence-electron chi connectivity index (χ1n) is 4.75. The minimum atomic E-state index is 0.172. The maximum absolute atomic E-state index is 11.5. The largest absolute Gasteiger partial charge is 0.367 e. The second kappa shape index (κ2) is 3.75. The summed E-state index contributed by atoms with van der Waals surface area (Å²) in [7, 11) is 0. The molecule has 0 atom stereocenters. The van der Waals surface area contributed by atoms with Crippen LogP contribution in [0.15, 0.2) is 23.3 Å². The van der Waals surface area contributed by atoms with Gasteiger partial charge in [-0.1, -0.05) is 0 Å². The van der Waals surface area contributed by atoms with Gasteiger partial charge >= 0.3 is 0 Å². The molecule has 0 bridgehead atoms. The predicted molar refractivity (Wildman–Crippen MR) is 51.9 cm³/mol. The fraction of sp³-hybridized carbons (Fsp3) is 0.500. The molecule has 1 fully saturated rings. The molecule has 1 aromatic heterocycles. The molecule has 0 aliphatic carbocycles. The molecule has 1 aliphatic rings. The van der Waals surface area contributed by atoms with E-state index in [0.717, 1.165) is 31.5 Å². The Kier molecular flexibility index (Phi) is 2.45. The summed E-state index contributed by atoms with van der Waals surface area (Å²) in [6.07, 6.45) is 5.69. The number of nitrogens with one attached hydrogen (secondary N) is 2. The second-order valence-electron chi connectivity index (χ2n) is 3.49. The molecule has 1 aromatic rings. The molecule has 2 N–H and O–H groups in total. The highest BCUT2D eigenvalue weighted by atomic mass is 16.1. The Labute approximate surface area is 77.2 Å². The minimum Gasteiger partial charge on any atom is -0.367 e. The third kappa shape index (κ3) is 1.80. The zero-order valence-electron chi connectivity index (χ0n) is 7.55. The zero-order chi connectivity index (χ0) is 9.10. The Morgan fingerprint density at radius 2 is 2.08 bits per heavy atom. The second-order valence-corrected chi connectivity index (χ2v) is 3.49. The highest BCUT2D eigenvalue weighted by molar-refractivity contribution is 5.15. The molecule has 0 saturated carbocycles. The summed E-state index contributed by atoms with van der Waals surface area (Å²) in [6, 6.07) is 1.61. The van der Waals surface area contributed by atoms with Crippen molar-refractivity contribution in [2.24, 2.45) is 0 Å². The molecule has 13 heavy (non-hydrogen) atoms. The first kappa shape index (κ1) is 8.51. The van der Waals surface area contributed by atoms with Gasteiger partial charge in [-0.2, -0.15) is 0 Å². The Morgan fingerprint density at radius 1 is 1.31 bits per heavy atom.